The molecule has 0 fully saturated rings. The van der Waals surface area contributed by atoms with Crippen molar-refractivity contribution in [2.45, 2.75) is 6.42 Å². The first kappa shape index (κ1) is 13.3. The lowest BCUT2D eigenvalue weighted by molar-refractivity contribution is 0.170. The molecule has 1 heterocycles. The van der Waals surface area contributed by atoms with Gasteiger partial charge in [-0.1, -0.05) is 30.3 Å². The van der Waals surface area contributed by atoms with Gasteiger partial charge in [0.15, 0.2) is 5.82 Å². The Bertz CT molecular complexity index is 517. The second-order valence-electron chi connectivity index (χ2n) is 4.02. The SMILES string of the molecule is COCCCOc1cc(N)nc(-c2ccccc2)n1. The fourth-order valence-electron chi connectivity index (χ4n) is 1.61. The first-order chi connectivity index (χ1) is 9.29. The average molecular weight is 259 g/mol. The van der Waals surface area contributed by atoms with Crippen molar-refractivity contribution in [3.63, 3.8) is 0 Å². The summed E-state index contributed by atoms with van der Waals surface area (Å²) in [5.74, 6) is 1.46. The lowest BCUT2D eigenvalue weighted by Crippen LogP contribution is -2.05. The van der Waals surface area contributed by atoms with Crippen molar-refractivity contribution in [1.82, 2.24) is 9.97 Å². The second-order valence-corrected chi connectivity index (χ2v) is 4.02. The lowest BCUT2D eigenvalue weighted by atomic mass is 10.2. The minimum absolute atomic E-state index is 0.399. The zero-order valence-corrected chi connectivity index (χ0v) is 10.9. The molecular weight excluding hydrogens is 242 g/mol. The molecule has 19 heavy (non-hydrogen) atoms. The summed E-state index contributed by atoms with van der Waals surface area (Å²) < 4.78 is 10.5. The second kappa shape index (κ2) is 6.70. The summed E-state index contributed by atoms with van der Waals surface area (Å²) in [6.45, 7) is 1.20. The van der Waals surface area contributed by atoms with Crippen LogP contribution in [-0.2, 0) is 4.74 Å². The highest BCUT2D eigenvalue weighted by Crippen LogP contribution is 2.19. The Labute approximate surface area is 112 Å². The van der Waals surface area contributed by atoms with Gasteiger partial charge in [0, 0.05) is 31.8 Å². The van der Waals surface area contributed by atoms with Gasteiger partial charge in [-0.2, -0.15) is 4.98 Å². The summed E-state index contributed by atoms with van der Waals surface area (Å²) in [5.41, 5.74) is 6.68. The molecule has 2 rings (SSSR count). The van der Waals surface area contributed by atoms with Crippen molar-refractivity contribution in [1.29, 1.82) is 0 Å². The largest absolute Gasteiger partial charge is 0.477 e. The Kier molecular flexibility index (Phi) is 4.69. The molecule has 0 saturated carbocycles. The summed E-state index contributed by atoms with van der Waals surface area (Å²) in [4.78, 5) is 8.56. The Balaban J connectivity index is 2.11. The van der Waals surface area contributed by atoms with Crippen molar-refractivity contribution in [2.24, 2.45) is 0 Å². The van der Waals surface area contributed by atoms with Crippen LogP contribution in [0.4, 0.5) is 5.82 Å². The van der Waals surface area contributed by atoms with E-state index in [9.17, 15) is 0 Å². The smallest absolute Gasteiger partial charge is 0.219 e. The topological polar surface area (TPSA) is 70.3 Å². The number of nitrogen functional groups attached to an aromatic ring is 1. The number of rotatable bonds is 6. The molecule has 0 aliphatic carbocycles. The van der Waals surface area contributed by atoms with E-state index in [1.807, 2.05) is 30.3 Å². The maximum Gasteiger partial charge on any atom is 0.219 e. The number of hydrogen-bond acceptors (Lipinski definition) is 5. The number of hydrogen-bond donors (Lipinski definition) is 1. The molecule has 0 bridgehead atoms. The van der Waals surface area contributed by atoms with Crippen molar-refractivity contribution in [3.8, 4) is 17.3 Å². The molecule has 1 aromatic carbocycles. The Morgan fingerprint density at radius 3 is 2.63 bits per heavy atom. The third-order valence-corrected chi connectivity index (χ3v) is 2.50. The summed E-state index contributed by atoms with van der Waals surface area (Å²) >= 11 is 0. The number of aromatic nitrogens is 2. The molecule has 0 spiro atoms. The molecule has 0 aliphatic rings. The van der Waals surface area contributed by atoms with E-state index in [1.165, 1.54) is 0 Å². The third-order valence-electron chi connectivity index (χ3n) is 2.50. The monoisotopic (exact) mass is 259 g/mol. The number of nitrogens with two attached hydrogens (primary N) is 1. The molecule has 5 nitrogen and oxygen atoms in total. The van der Waals surface area contributed by atoms with E-state index in [2.05, 4.69) is 9.97 Å². The van der Waals surface area contributed by atoms with Crippen LogP contribution in [0.15, 0.2) is 36.4 Å². The quantitative estimate of drug-likeness (QED) is 0.805. The van der Waals surface area contributed by atoms with Crippen LogP contribution in [0.1, 0.15) is 6.42 Å². The highest BCUT2D eigenvalue weighted by Gasteiger charge is 2.05. The molecule has 2 N–H and O–H groups in total. The van der Waals surface area contributed by atoms with Crippen LogP contribution in [0.25, 0.3) is 11.4 Å². The number of ether oxygens (including phenoxy) is 2. The molecule has 100 valence electrons. The van der Waals surface area contributed by atoms with E-state index < -0.39 is 0 Å². The van der Waals surface area contributed by atoms with Crippen LogP contribution in [0.3, 0.4) is 0 Å². The third kappa shape index (κ3) is 3.93. The first-order valence-corrected chi connectivity index (χ1v) is 6.11. The predicted octanol–water partition coefficient (Wildman–Crippen LogP) is 2.14. The zero-order valence-electron chi connectivity index (χ0n) is 10.9. The van der Waals surface area contributed by atoms with Crippen LogP contribution >= 0.6 is 0 Å². The van der Waals surface area contributed by atoms with Gasteiger partial charge in [0.2, 0.25) is 5.88 Å². The summed E-state index contributed by atoms with van der Waals surface area (Å²) in [7, 11) is 1.66. The highest BCUT2D eigenvalue weighted by molar-refractivity contribution is 5.57. The molecule has 5 heteroatoms. The zero-order chi connectivity index (χ0) is 13.5. The Hall–Kier alpha value is -2.14. The molecule has 0 atom stereocenters. The van der Waals surface area contributed by atoms with E-state index in [0.29, 0.717) is 30.7 Å². The minimum atomic E-state index is 0.399. The molecule has 0 saturated heterocycles. The van der Waals surface area contributed by atoms with Gasteiger partial charge in [0.25, 0.3) is 0 Å². The molecular formula is C14H17N3O2. The molecule has 2 aromatic rings. The van der Waals surface area contributed by atoms with Gasteiger partial charge in [-0.15, -0.1) is 0 Å². The maximum atomic E-state index is 5.77. The maximum absolute atomic E-state index is 5.77. The van der Waals surface area contributed by atoms with E-state index in [4.69, 9.17) is 15.2 Å². The van der Waals surface area contributed by atoms with E-state index in [0.717, 1.165) is 12.0 Å². The molecule has 0 aliphatic heterocycles. The van der Waals surface area contributed by atoms with Crippen molar-refractivity contribution in [2.75, 3.05) is 26.1 Å². The number of methoxy groups -OCH3 is 1. The van der Waals surface area contributed by atoms with Crippen LogP contribution in [0, 0.1) is 0 Å². The van der Waals surface area contributed by atoms with Crippen molar-refractivity contribution < 1.29 is 9.47 Å². The molecule has 0 radical (unpaired) electrons. The number of anilines is 1. The normalized spacial score (nSPS) is 10.4. The van der Waals surface area contributed by atoms with Gasteiger partial charge in [0.05, 0.1) is 6.61 Å². The summed E-state index contributed by atoms with van der Waals surface area (Å²) in [6, 6.07) is 11.3. The van der Waals surface area contributed by atoms with E-state index in [1.54, 1.807) is 13.2 Å². The predicted molar refractivity (Wildman–Crippen MR) is 73.9 cm³/mol. The van der Waals surface area contributed by atoms with Gasteiger partial charge < -0.3 is 15.2 Å². The first-order valence-electron chi connectivity index (χ1n) is 6.11. The summed E-state index contributed by atoms with van der Waals surface area (Å²) in [6.07, 6.45) is 0.807. The van der Waals surface area contributed by atoms with Crippen molar-refractivity contribution in [3.05, 3.63) is 36.4 Å². The summed E-state index contributed by atoms with van der Waals surface area (Å²) in [5, 5.41) is 0. The molecule has 1 aromatic heterocycles. The lowest BCUT2D eigenvalue weighted by Gasteiger charge is -2.07. The number of benzene rings is 1. The van der Waals surface area contributed by atoms with Gasteiger partial charge >= 0.3 is 0 Å². The average Bonchev–Trinajstić information content (AvgIpc) is 2.44. The van der Waals surface area contributed by atoms with Crippen LogP contribution < -0.4 is 10.5 Å². The van der Waals surface area contributed by atoms with Gasteiger partial charge in [-0.3, -0.25) is 0 Å². The molecule has 0 amide bonds. The Morgan fingerprint density at radius 1 is 1.11 bits per heavy atom. The van der Waals surface area contributed by atoms with E-state index >= 15 is 0 Å². The molecule has 0 unspecified atom stereocenters. The fourth-order valence-corrected chi connectivity index (χ4v) is 1.61. The standard InChI is InChI=1S/C14H17N3O2/c1-18-8-5-9-19-13-10-12(15)16-14(17-13)11-6-3-2-4-7-11/h2-4,6-7,10H,5,8-9H2,1H3,(H2,15,16,17). The van der Waals surface area contributed by atoms with Gasteiger partial charge in [-0.05, 0) is 0 Å². The van der Waals surface area contributed by atoms with E-state index in [-0.39, 0.29) is 0 Å². The van der Waals surface area contributed by atoms with Crippen molar-refractivity contribution >= 4 is 5.82 Å². The number of nitrogens with zero attached hydrogens (tertiary/aromatic N) is 2. The minimum Gasteiger partial charge on any atom is -0.477 e. The highest BCUT2D eigenvalue weighted by atomic mass is 16.5. The van der Waals surface area contributed by atoms with Crippen LogP contribution in [0.2, 0.25) is 0 Å². The fraction of sp³-hybridized carbons (Fsp3) is 0.286. The Morgan fingerprint density at radius 2 is 1.89 bits per heavy atom. The van der Waals surface area contributed by atoms with Gasteiger partial charge in [0.1, 0.15) is 5.82 Å². The van der Waals surface area contributed by atoms with Gasteiger partial charge in [-0.25, -0.2) is 4.98 Å². The van der Waals surface area contributed by atoms with Crippen LogP contribution in [-0.4, -0.2) is 30.3 Å². The van der Waals surface area contributed by atoms with Crippen LogP contribution in [0.5, 0.6) is 5.88 Å².